The fourth-order valence-electron chi connectivity index (χ4n) is 1.60. The molecule has 1 aromatic carbocycles. The van der Waals surface area contributed by atoms with Crippen LogP contribution in [0.1, 0.15) is 5.56 Å². The molecule has 8 heteroatoms. The van der Waals surface area contributed by atoms with Crippen LogP contribution in [0.25, 0.3) is 0 Å². The van der Waals surface area contributed by atoms with Crippen LogP contribution in [0.5, 0.6) is 17.5 Å². The minimum absolute atomic E-state index is 0.0116. The Hall–Kier alpha value is -2.90. The third-order valence-corrected chi connectivity index (χ3v) is 2.57. The quantitative estimate of drug-likeness (QED) is 0.671. The largest absolute Gasteiger partial charge is 0.481 e. The van der Waals surface area contributed by atoms with E-state index in [4.69, 9.17) is 15.2 Å². The van der Waals surface area contributed by atoms with E-state index in [1.165, 1.54) is 25.3 Å². The first-order valence-electron chi connectivity index (χ1n) is 5.61. The average molecular weight is 276 g/mol. The topological polar surface area (TPSA) is 113 Å². The molecular formula is C12H12N4O4. The Bertz CT molecular complexity index is 660. The van der Waals surface area contributed by atoms with Crippen molar-refractivity contribution in [2.45, 2.75) is 6.92 Å². The van der Waals surface area contributed by atoms with Gasteiger partial charge in [0, 0.05) is 6.07 Å². The average Bonchev–Trinajstić information content (AvgIpc) is 2.40. The third kappa shape index (κ3) is 2.74. The molecule has 0 spiro atoms. The zero-order valence-electron chi connectivity index (χ0n) is 10.9. The molecule has 0 saturated heterocycles. The number of methoxy groups -OCH3 is 1. The lowest BCUT2D eigenvalue weighted by Gasteiger charge is -2.09. The number of nitrogens with zero attached hydrogens (tertiary/aromatic N) is 3. The molecule has 0 radical (unpaired) electrons. The number of nitrogens with two attached hydrogens (primary N) is 1. The first-order chi connectivity index (χ1) is 9.51. The number of nitro groups is 1. The highest BCUT2D eigenvalue weighted by Gasteiger charge is 2.15. The standard InChI is InChI=1S/C12H12N4O4/c1-7-8(16(17)18)4-3-5-9(7)20-11-6-10(19-2)14-12(13)15-11/h3-6H,1-2H3,(H2,13,14,15). The molecule has 0 bridgehead atoms. The molecule has 0 amide bonds. The van der Waals surface area contributed by atoms with Crippen molar-refractivity contribution < 1.29 is 14.4 Å². The normalized spacial score (nSPS) is 10.1. The van der Waals surface area contributed by atoms with E-state index in [0.29, 0.717) is 11.3 Å². The molecule has 1 heterocycles. The first kappa shape index (κ1) is 13.5. The van der Waals surface area contributed by atoms with Gasteiger partial charge in [-0.3, -0.25) is 10.1 Å². The molecule has 0 atom stereocenters. The van der Waals surface area contributed by atoms with E-state index in [9.17, 15) is 10.1 Å². The molecule has 104 valence electrons. The second kappa shape index (κ2) is 5.39. The second-order valence-corrected chi connectivity index (χ2v) is 3.87. The summed E-state index contributed by atoms with van der Waals surface area (Å²) in [7, 11) is 1.43. The molecule has 0 aliphatic rings. The Labute approximate surface area is 114 Å². The zero-order valence-corrected chi connectivity index (χ0v) is 10.9. The molecule has 0 unspecified atom stereocenters. The predicted octanol–water partition coefficient (Wildman–Crippen LogP) is 2.08. The van der Waals surface area contributed by atoms with Gasteiger partial charge in [0.1, 0.15) is 5.75 Å². The van der Waals surface area contributed by atoms with Crippen LogP contribution in [0.4, 0.5) is 11.6 Å². The summed E-state index contributed by atoms with van der Waals surface area (Å²) in [5.41, 5.74) is 5.88. The van der Waals surface area contributed by atoms with Gasteiger partial charge in [-0.15, -0.1) is 0 Å². The Morgan fingerprint density at radius 2 is 2.00 bits per heavy atom. The molecular weight excluding hydrogens is 264 g/mol. The minimum atomic E-state index is -0.475. The van der Waals surface area contributed by atoms with Gasteiger partial charge in [-0.05, 0) is 13.0 Å². The zero-order chi connectivity index (χ0) is 14.7. The molecule has 0 aliphatic carbocycles. The van der Waals surface area contributed by atoms with Gasteiger partial charge in [0.2, 0.25) is 17.7 Å². The lowest BCUT2D eigenvalue weighted by atomic mass is 10.2. The van der Waals surface area contributed by atoms with Crippen molar-refractivity contribution in [1.29, 1.82) is 0 Å². The van der Waals surface area contributed by atoms with Gasteiger partial charge in [0.15, 0.2) is 0 Å². The number of anilines is 1. The Balaban J connectivity index is 2.37. The van der Waals surface area contributed by atoms with Crippen LogP contribution in [-0.4, -0.2) is 22.0 Å². The Kier molecular flexibility index (Phi) is 3.65. The highest BCUT2D eigenvalue weighted by atomic mass is 16.6. The second-order valence-electron chi connectivity index (χ2n) is 3.87. The summed E-state index contributed by atoms with van der Waals surface area (Å²) in [4.78, 5) is 18.1. The highest BCUT2D eigenvalue weighted by molar-refractivity contribution is 5.49. The van der Waals surface area contributed by atoms with E-state index in [1.54, 1.807) is 13.0 Å². The summed E-state index contributed by atoms with van der Waals surface area (Å²) < 4.78 is 10.5. The van der Waals surface area contributed by atoms with Crippen molar-refractivity contribution in [3.05, 3.63) is 39.9 Å². The van der Waals surface area contributed by atoms with Crippen molar-refractivity contribution in [3.63, 3.8) is 0 Å². The first-order valence-corrected chi connectivity index (χ1v) is 5.61. The van der Waals surface area contributed by atoms with Gasteiger partial charge in [-0.1, -0.05) is 6.07 Å². The summed E-state index contributed by atoms with van der Waals surface area (Å²) in [6.45, 7) is 1.59. The van der Waals surface area contributed by atoms with E-state index < -0.39 is 4.92 Å². The Morgan fingerprint density at radius 1 is 1.30 bits per heavy atom. The minimum Gasteiger partial charge on any atom is -0.481 e. The van der Waals surface area contributed by atoms with Crippen molar-refractivity contribution in [1.82, 2.24) is 9.97 Å². The van der Waals surface area contributed by atoms with Crippen LogP contribution in [-0.2, 0) is 0 Å². The van der Waals surface area contributed by atoms with Gasteiger partial charge in [0.25, 0.3) is 5.69 Å². The molecule has 20 heavy (non-hydrogen) atoms. The van der Waals surface area contributed by atoms with Crippen LogP contribution < -0.4 is 15.2 Å². The maximum absolute atomic E-state index is 10.9. The molecule has 8 nitrogen and oxygen atoms in total. The van der Waals surface area contributed by atoms with Crippen LogP contribution in [0.15, 0.2) is 24.3 Å². The summed E-state index contributed by atoms with van der Waals surface area (Å²) in [5.74, 6) is 0.704. The number of ether oxygens (including phenoxy) is 2. The molecule has 2 N–H and O–H groups in total. The molecule has 2 aromatic rings. The van der Waals surface area contributed by atoms with Gasteiger partial charge in [-0.2, -0.15) is 9.97 Å². The molecule has 0 saturated carbocycles. The van der Waals surface area contributed by atoms with E-state index >= 15 is 0 Å². The summed E-state index contributed by atoms with van der Waals surface area (Å²) in [6.07, 6.45) is 0. The third-order valence-electron chi connectivity index (χ3n) is 2.57. The van der Waals surface area contributed by atoms with Crippen LogP contribution in [0.3, 0.4) is 0 Å². The van der Waals surface area contributed by atoms with Crippen LogP contribution in [0.2, 0.25) is 0 Å². The van der Waals surface area contributed by atoms with Gasteiger partial charge in [0.05, 0.1) is 23.7 Å². The smallest absolute Gasteiger partial charge is 0.276 e. The number of rotatable bonds is 4. The van der Waals surface area contributed by atoms with Crippen molar-refractivity contribution >= 4 is 11.6 Å². The number of nitro benzene ring substituents is 1. The maximum Gasteiger partial charge on any atom is 0.276 e. The number of hydrogen-bond acceptors (Lipinski definition) is 7. The molecule has 0 fully saturated rings. The van der Waals surface area contributed by atoms with Crippen LogP contribution in [0, 0.1) is 17.0 Å². The lowest BCUT2D eigenvalue weighted by molar-refractivity contribution is -0.385. The van der Waals surface area contributed by atoms with E-state index in [-0.39, 0.29) is 23.4 Å². The van der Waals surface area contributed by atoms with Crippen molar-refractivity contribution in [2.24, 2.45) is 0 Å². The summed E-state index contributed by atoms with van der Waals surface area (Å²) in [5, 5.41) is 10.9. The summed E-state index contributed by atoms with van der Waals surface area (Å²) >= 11 is 0. The maximum atomic E-state index is 10.9. The van der Waals surface area contributed by atoms with Crippen LogP contribution >= 0.6 is 0 Å². The monoisotopic (exact) mass is 276 g/mol. The van der Waals surface area contributed by atoms with Gasteiger partial charge in [-0.25, -0.2) is 0 Å². The van der Waals surface area contributed by atoms with Crippen molar-refractivity contribution in [2.75, 3.05) is 12.8 Å². The molecule has 0 aliphatic heterocycles. The number of hydrogen-bond donors (Lipinski definition) is 1. The fourth-order valence-corrected chi connectivity index (χ4v) is 1.60. The van der Waals surface area contributed by atoms with Gasteiger partial charge < -0.3 is 15.2 Å². The SMILES string of the molecule is COc1cc(Oc2cccc([N+](=O)[O-])c2C)nc(N)n1. The lowest BCUT2D eigenvalue weighted by Crippen LogP contribution is -2.00. The van der Waals surface area contributed by atoms with E-state index in [2.05, 4.69) is 9.97 Å². The Morgan fingerprint density at radius 3 is 2.65 bits per heavy atom. The fraction of sp³-hybridized carbons (Fsp3) is 0.167. The molecule has 2 rings (SSSR count). The molecule has 1 aromatic heterocycles. The summed E-state index contributed by atoms with van der Waals surface area (Å²) in [6, 6.07) is 5.97. The van der Waals surface area contributed by atoms with Crippen molar-refractivity contribution in [3.8, 4) is 17.5 Å². The van der Waals surface area contributed by atoms with E-state index in [0.717, 1.165) is 0 Å². The number of nitrogen functional groups attached to an aromatic ring is 1. The predicted molar refractivity (Wildman–Crippen MR) is 70.9 cm³/mol. The van der Waals surface area contributed by atoms with E-state index in [1.807, 2.05) is 0 Å². The van der Waals surface area contributed by atoms with Gasteiger partial charge >= 0.3 is 0 Å². The number of aromatic nitrogens is 2. The number of benzene rings is 1. The highest BCUT2D eigenvalue weighted by Crippen LogP contribution is 2.31.